The zero-order chi connectivity index (χ0) is 19.9. The molecule has 2 nitrogen and oxygen atoms in total. The van der Waals surface area contributed by atoms with Crippen LogP contribution in [-0.2, 0) is 6.18 Å². The molecule has 5 heteroatoms. The van der Waals surface area contributed by atoms with Crippen molar-refractivity contribution in [2.75, 3.05) is 0 Å². The molecule has 0 saturated heterocycles. The number of alkyl halides is 3. The van der Waals surface area contributed by atoms with Gasteiger partial charge in [-0.15, -0.1) is 0 Å². The van der Waals surface area contributed by atoms with E-state index >= 15 is 0 Å². The number of benzene rings is 3. The van der Waals surface area contributed by atoms with Crippen LogP contribution in [0.5, 0.6) is 5.75 Å². The Morgan fingerprint density at radius 3 is 2.25 bits per heavy atom. The first kappa shape index (κ1) is 18.0. The molecule has 1 aromatic heterocycles. The van der Waals surface area contributed by atoms with Gasteiger partial charge in [-0.1, -0.05) is 54.1 Å². The van der Waals surface area contributed by atoms with Gasteiger partial charge in [-0.25, -0.2) is 0 Å². The molecule has 28 heavy (non-hydrogen) atoms. The molecular formula is C23H16F3NO. The number of pyridine rings is 1. The lowest BCUT2D eigenvalue weighted by molar-refractivity contribution is -0.136. The summed E-state index contributed by atoms with van der Waals surface area (Å²) in [6.45, 7) is 1.97. The van der Waals surface area contributed by atoms with E-state index in [1.807, 2.05) is 31.2 Å². The number of phenols is 1. The molecule has 0 aliphatic carbocycles. The van der Waals surface area contributed by atoms with Crippen molar-refractivity contribution < 1.29 is 18.3 Å². The van der Waals surface area contributed by atoms with Gasteiger partial charge in [-0.2, -0.15) is 13.2 Å². The average Bonchev–Trinajstić information content (AvgIpc) is 2.66. The lowest BCUT2D eigenvalue weighted by atomic mass is 9.91. The summed E-state index contributed by atoms with van der Waals surface area (Å²) in [7, 11) is 0. The van der Waals surface area contributed by atoms with Crippen molar-refractivity contribution >= 4 is 10.9 Å². The van der Waals surface area contributed by atoms with Crippen LogP contribution >= 0.6 is 0 Å². The van der Waals surface area contributed by atoms with E-state index in [0.29, 0.717) is 22.1 Å². The summed E-state index contributed by atoms with van der Waals surface area (Å²) < 4.78 is 40.5. The maximum absolute atomic E-state index is 13.5. The molecule has 0 amide bonds. The van der Waals surface area contributed by atoms with E-state index < -0.39 is 11.7 Å². The molecule has 3 aromatic carbocycles. The van der Waals surface area contributed by atoms with Crippen LogP contribution in [0.2, 0.25) is 0 Å². The molecule has 140 valence electrons. The molecule has 0 fully saturated rings. The van der Waals surface area contributed by atoms with Crippen LogP contribution in [0.25, 0.3) is 33.2 Å². The summed E-state index contributed by atoms with van der Waals surface area (Å²) in [5.41, 5.74) is 2.98. The number of hydrogen-bond acceptors (Lipinski definition) is 2. The van der Waals surface area contributed by atoms with Crippen LogP contribution in [0.15, 0.2) is 72.9 Å². The van der Waals surface area contributed by atoms with Crippen molar-refractivity contribution in [3.63, 3.8) is 0 Å². The topological polar surface area (TPSA) is 33.1 Å². The Morgan fingerprint density at radius 2 is 1.57 bits per heavy atom. The van der Waals surface area contributed by atoms with Gasteiger partial charge in [0.2, 0.25) is 0 Å². The first-order valence-electron chi connectivity index (χ1n) is 8.70. The van der Waals surface area contributed by atoms with Crippen LogP contribution in [0.3, 0.4) is 0 Å². The minimum Gasteiger partial charge on any atom is -0.508 e. The lowest BCUT2D eigenvalue weighted by Gasteiger charge is -2.16. The predicted octanol–water partition coefficient (Wildman–Crippen LogP) is 6.60. The summed E-state index contributed by atoms with van der Waals surface area (Å²) in [5, 5.41) is 10.3. The Balaban J connectivity index is 2.10. The summed E-state index contributed by atoms with van der Waals surface area (Å²) in [5.74, 6) is 0.0456. The minimum atomic E-state index is -4.51. The molecule has 4 rings (SSSR count). The number of fused-ring (bicyclic) bond motifs is 1. The molecule has 0 bridgehead atoms. The highest BCUT2D eigenvalue weighted by atomic mass is 19.4. The van der Waals surface area contributed by atoms with Crippen molar-refractivity contribution in [3.05, 3.63) is 84.1 Å². The fraction of sp³-hybridized carbons (Fsp3) is 0.0870. The Kier molecular flexibility index (Phi) is 4.30. The van der Waals surface area contributed by atoms with Gasteiger partial charge in [0.1, 0.15) is 5.75 Å². The van der Waals surface area contributed by atoms with Crippen molar-refractivity contribution in [3.8, 4) is 28.0 Å². The van der Waals surface area contributed by atoms with Crippen LogP contribution < -0.4 is 0 Å². The van der Waals surface area contributed by atoms with Gasteiger partial charge in [0.25, 0.3) is 0 Å². The SMILES string of the molecule is Cc1ccc(-c2cnc3c(C(F)(F)F)cccc3c2-c2cccc(O)c2)cc1. The highest BCUT2D eigenvalue weighted by molar-refractivity contribution is 6.03. The Hall–Kier alpha value is -3.34. The van der Waals surface area contributed by atoms with Gasteiger partial charge >= 0.3 is 6.18 Å². The predicted molar refractivity (Wildman–Crippen MR) is 104 cm³/mol. The van der Waals surface area contributed by atoms with Crippen molar-refractivity contribution in [1.82, 2.24) is 4.98 Å². The maximum atomic E-state index is 13.5. The number of hydrogen-bond donors (Lipinski definition) is 1. The maximum Gasteiger partial charge on any atom is 0.418 e. The zero-order valence-corrected chi connectivity index (χ0v) is 15.0. The average molecular weight is 379 g/mol. The number of halogens is 3. The molecule has 0 aliphatic rings. The molecule has 4 aromatic rings. The number of para-hydroxylation sites is 1. The standard InChI is InChI=1S/C23H16F3NO/c1-14-8-10-15(11-9-14)19-13-27-22-18(6-3-7-20(22)23(24,25)26)21(19)16-4-2-5-17(28)12-16/h2-13,28H,1H3. The minimum absolute atomic E-state index is 0.0456. The van der Waals surface area contributed by atoms with E-state index in [0.717, 1.165) is 17.2 Å². The van der Waals surface area contributed by atoms with Gasteiger partial charge in [-0.05, 0) is 36.2 Å². The number of aryl methyl sites for hydroxylation is 1. The van der Waals surface area contributed by atoms with Crippen LogP contribution in [-0.4, -0.2) is 10.1 Å². The Bertz CT molecular complexity index is 1160. The molecule has 0 radical (unpaired) electrons. The second kappa shape index (κ2) is 6.68. The number of rotatable bonds is 2. The highest BCUT2D eigenvalue weighted by Gasteiger charge is 2.33. The third kappa shape index (κ3) is 3.20. The van der Waals surface area contributed by atoms with Crippen molar-refractivity contribution in [2.45, 2.75) is 13.1 Å². The van der Waals surface area contributed by atoms with E-state index in [9.17, 15) is 18.3 Å². The number of aromatic nitrogens is 1. The zero-order valence-electron chi connectivity index (χ0n) is 15.0. The van der Waals surface area contributed by atoms with Crippen molar-refractivity contribution in [1.29, 1.82) is 0 Å². The quantitative estimate of drug-likeness (QED) is 0.425. The fourth-order valence-corrected chi connectivity index (χ4v) is 3.38. The van der Waals surface area contributed by atoms with Crippen LogP contribution in [0.4, 0.5) is 13.2 Å². The summed E-state index contributed by atoms with van der Waals surface area (Å²) in [6.07, 6.45) is -3.03. The smallest absolute Gasteiger partial charge is 0.418 e. The first-order chi connectivity index (χ1) is 13.3. The third-order valence-electron chi connectivity index (χ3n) is 4.70. The van der Waals surface area contributed by atoms with Gasteiger partial charge in [0.05, 0.1) is 11.1 Å². The molecule has 0 unspecified atom stereocenters. The van der Waals surface area contributed by atoms with Crippen LogP contribution in [0, 0.1) is 6.92 Å². The normalized spacial score (nSPS) is 11.7. The highest BCUT2D eigenvalue weighted by Crippen LogP contribution is 2.41. The van der Waals surface area contributed by atoms with Crippen LogP contribution in [0.1, 0.15) is 11.1 Å². The summed E-state index contributed by atoms with van der Waals surface area (Å²) in [6, 6.07) is 18.3. The third-order valence-corrected chi connectivity index (χ3v) is 4.70. The molecule has 1 N–H and O–H groups in total. The van der Waals surface area contributed by atoms with Gasteiger partial charge in [-0.3, -0.25) is 4.98 Å². The van der Waals surface area contributed by atoms with Gasteiger partial charge < -0.3 is 5.11 Å². The lowest BCUT2D eigenvalue weighted by Crippen LogP contribution is -2.07. The van der Waals surface area contributed by atoms with E-state index in [1.165, 1.54) is 18.3 Å². The Morgan fingerprint density at radius 1 is 0.857 bits per heavy atom. The second-order valence-electron chi connectivity index (χ2n) is 6.66. The summed E-state index contributed by atoms with van der Waals surface area (Å²) >= 11 is 0. The molecule has 0 saturated carbocycles. The van der Waals surface area contributed by atoms with E-state index in [2.05, 4.69) is 4.98 Å². The summed E-state index contributed by atoms with van der Waals surface area (Å²) in [4.78, 5) is 4.17. The van der Waals surface area contributed by atoms with E-state index in [-0.39, 0.29) is 11.3 Å². The largest absolute Gasteiger partial charge is 0.508 e. The van der Waals surface area contributed by atoms with E-state index in [1.54, 1.807) is 24.3 Å². The number of aromatic hydroxyl groups is 1. The molecular weight excluding hydrogens is 363 g/mol. The fourth-order valence-electron chi connectivity index (χ4n) is 3.38. The Labute approximate surface area is 159 Å². The molecule has 0 aliphatic heterocycles. The molecule has 0 atom stereocenters. The van der Waals surface area contributed by atoms with Gasteiger partial charge in [0, 0.05) is 22.7 Å². The molecule has 0 spiro atoms. The molecule has 1 heterocycles. The number of nitrogens with zero attached hydrogens (tertiary/aromatic N) is 1. The van der Waals surface area contributed by atoms with E-state index in [4.69, 9.17) is 0 Å². The van der Waals surface area contributed by atoms with Gasteiger partial charge in [0.15, 0.2) is 0 Å². The monoisotopic (exact) mass is 379 g/mol. The second-order valence-corrected chi connectivity index (χ2v) is 6.66. The number of phenolic OH excluding ortho intramolecular Hbond substituents is 1. The first-order valence-corrected chi connectivity index (χ1v) is 8.70. The van der Waals surface area contributed by atoms with Crippen molar-refractivity contribution in [2.24, 2.45) is 0 Å².